The Morgan fingerprint density at radius 2 is 1.68 bits per heavy atom. The number of rotatable bonds is 8. The van der Waals surface area contributed by atoms with Gasteiger partial charge in [-0.05, 0) is 29.7 Å². The van der Waals surface area contributed by atoms with Gasteiger partial charge in [-0.1, -0.05) is 61.5 Å². The Morgan fingerprint density at radius 3 is 2.40 bits per heavy atom. The summed E-state index contributed by atoms with van der Waals surface area (Å²) in [7, 11) is 1.68. The van der Waals surface area contributed by atoms with Crippen LogP contribution in [0.3, 0.4) is 0 Å². The molecule has 0 radical (unpaired) electrons. The predicted octanol–water partition coefficient (Wildman–Crippen LogP) is 4.76. The fourth-order valence-corrected chi connectivity index (χ4v) is 3.06. The van der Waals surface area contributed by atoms with Crippen molar-refractivity contribution in [2.24, 2.45) is 5.41 Å². The largest absolute Gasteiger partial charge is 0.497 e. The maximum Gasteiger partial charge on any atom is 0.118 e. The fraction of sp³-hybridized carbons (Fsp3) is 0.364. The van der Waals surface area contributed by atoms with E-state index in [1.165, 1.54) is 5.56 Å². The number of hydrogen-bond donors (Lipinski definition) is 0. The van der Waals surface area contributed by atoms with Crippen LogP contribution in [0.25, 0.3) is 0 Å². The molecule has 0 amide bonds. The molecule has 0 bridgehead atoms. The van der Waals surface area contributed by atoms with Gasteiger partial charge in [0, 0.05) is 5.41 Å². The topological polar surface area (TPSA) is 27.7 Å². The van der Waals surface area contributed by atoms with Crippen LogP contribution in [0.4, 0.5) is 0 Å². The molecule has 0 heterocycles. The highest BCUT2D eigenvalue weighted by Gasteiger charge is 2.30. The fourth-order valence-electron chi connectivity index (χ4n) is 3.06. The van der Waals surface area contributed by atoms with Crippen molar-refractivity contribution in [3.63, 3.8) is 0 Å². The van der Waals surface area contributed by atoms with Crippen LogP contribution in [0.2, 0.25) is 0 Å². The summed E-state index contributed by atoms with van der Waals surface area (Å²) in [6.07, 6.45) is 5.50. The van der Waals surface area contributed by atoms with Crippen LogP contribution in [-0.4, -0.2) is 19.8 Å². The third-order valence-corrected chi connectivity index (χ3v) is 4.55. The standard InChI is InChI=1S/C22H26O3/c1-22(17-24-15-18-6-4-3-5-7-18)13-12-21(14-22)25-16-19-8-10-20(23-2)11-9-19/h3-13,21H,14-17H2,1-2H3/t21-,22+/m1/s1. The van der Waals surface area contributed by atoms with E-state index in [0.29, 0.717) is 19.8 Å². The van der Waals surface area contributed by atoms with Crippen molar-refractivity contribution in [1.82, 2.24) is 0 Å². The number of methoxy groups -OCH3 is 1. The Labute approximate surface area is 150 Å². The molecule has 3 rings (SSSR count). The van der Waals surface area contributed by atoms with Crippen molar-refractivity contribution in [3.05, 3.63) is 77.9 Å². The SMILES string of the molecule is COc1ccc(CO[C@@H]2C=C[C@](C)(COCc3ccccc3)C2)cc1. The van der Waals surface area contributed by atoms with E-state index >= 15 is 0 Å². The van der Waals surface area contributed by atoms with E-state index in [9.17, 15) is 0 Å². The first-order valence-corrected chi connectivity index (χ1v) is 8.72. The molecule has 0 aliphatic heterocycles. The number of benzene rings is 2. The van der Waals surface area contributed by atoms with Gasteiger partial charge < -0.3 is 14.2 Å². The van der Waals surface area contributed by atoms with Crippen molar-refractivity contribution in [3.8, 4) is 5.75 Å². The van der Waals surface area contributed by atoms with Crippen molar-refractivity contribution >= 4 is 0 Å². The maximum absolute atomic E-state index is 6.04. The molecule has 0 saturated carbocycles. The average Bonchev–Trinajstić information content (AvgIpc) is 3.02. The molecule has 25 heavy (non-hydrogen) atoms. The van der Waals surface area contributed by atoms with Gasteiger partial charge in [0.25, 0.3) is 0 Å². The van der Waals surface area contributed by atoms with Crippen LogP contribution < -0.4 is 4.74 Å². The Morgan fingerprint density at radius 1 is 0.960 bits per heavy atom. The van der Waals surface area contributed by atoms with Gasteiger partial charge in [-0.2, -0.15) is 0 Å². The summed E-state index contributed by atoms with van der Waals surface area (Å²) in [4.78, 5) is 0. The predicted molar refractivity (Wildman–Crippen MR) is 99.5 cm³/mol. The van der Waals surface area contributed by atoms with E-state index in [1.54, 1.807) is 7.11 Å². The summed E-state index contributed by atoms with van der Waals surface area (Å²) >= 11 is 0. The monoisotopic (exact) mass is 338 g/mol. The van der Waals surface area contributed by atoms with Crippen molar-refractivity contribution < 1.29 is 14.2 Å². The molecule has 132 valence electrons. The zero-order chi connectivity index (χ0) is 17.5. The normalized spacial score (nSPS) is 22.2. The van der Waals surface area contributed by atoms with Crippen LogP contribution >= 0.6 is 0 Å². The van der Waals surface area contributed by atoms with Gasteiger partial charge in [0.15, 0.2) is 0 Å². The third-order valence-electron chi connectivity index (χ3n) is 4.55. The first kappa shape index (κ1) is 17.7. The van der Waals surface area contributed by atoms with E-state index in [1.807, 2.05) is 42.5 Å². The average molecular weight is 338 g/mol. The van der Waals surface area contributed by atoms with Crippen LogP contribution in [0.1, 0.15) is 24.5 Å². The molecule has 0 fully saturated rings. The molecule has 1 aliphatic carbocycles. The van der Waals surface area contributed by atoms with Gasteiger partial charge >= 0.3 is 0 Å². The van der Waals surface area contributed by atoms with Gasteiger partial charge in [0.2, 0.25) is 0 Å². The number of hydrogen-bond acceptors (Lipinski definition) is 3. The van der Waals surface area contributed by atoms with Gasteiger partial charge in [-0.3, -0.25) is 0 Å². The summed E-state index contributed by atoms with van der Waals surface area (Å²) < 4.78 is 17.1. The lowest BCUT2D eigenvalue weighted by molar-refractivity contribution is 0.0226. The van der Waals surface area contributed by atoms with E-state index < -0.39 is 0 Å². The van der Waals surface area contributed by atoms with Crippen molar-refractivity contribution in [1.29, 1.82) is 0 Å². The molecular formula is C22H26O3. The number of ether oxygens (including phenoxy) is 3. The van der Waals surface area contributed by atoms with E-state index in [4.69, 9.17) is 14.2 Å². The molecule has 1 aliphatic rings. The molecule has 2 aromatic carbocycles. The Bertz CT molecular complexity index is 678. The highest BCUT2D eigenvalue weighted by molar-refractivity contribution is 5.26. The van der Waals surface area contributed by atoms with Crippen LogP contribution in [0.15, 0.2) is 66.7 Å². The van der Waals surface area contributed by atoms with E-state index in [-0.39, 0.29) is 11.5 Å². The molecule has 2 aromatic rings. The van der Waals surface area contributed by atoms with E-state index in [0.717, 1.165) is 17.7 Å². The van der Waals surface area contributed by atoms with Crippen LogP contribution in [0.5, 0.6) is 5.75 Å². The lowest BCUT2D eigenvalue weighted by atomic mass is 9.91. The molecule has 0 N–H and O–H groups in total. The minimum Gasteiger partial charge on any atom is -0.497 e. The van der Waals surface area contributed by atoms with Crippen LogP contribution in [-0.2, 0) is 22.7 Å². The molecule has 0 unspecified atom stereocenters. The molecule has 2 atom stereocenters. The molecular weight excluding hydrogens is 312 g/mol. The smallest absolute Gasteiger partial charge is 0.118 e. The zero-order valence-corrected chi connectivity index (χ0v) is 15.0. The summed E-state index contributed by atoms with van der Waals surface area (Å²) in [5.74, 6) is 0.868. The van der Waals surface area contributed by atoms with E-state index in [2.05, 4.69) is 31.2 Å². The summed E-state index contributed by atoms with van der Waals surface area (Å²) in [5, 5.41) is 0. The Hall–Kier alpha value is -2.10. The summed E-state index contributed by atoms with van der Waals surface area (Å²) in [6.45, 7) is 4.20. The molecule has 0 aromatic heterocycles. The summed E-state index contributed by atoms with van der Waals surface area (Å²) in [5.41, 5.74) is 2.41. The molecule has 0 spiro atoms. The first-order chi connectivity index (χ1) is 12.2. The molecule has 3 heteroatoms. The second-order valence-electron chi connectivity index (χ2n) is 6.89. The van der Waals surface area contributed by atoms with Crippen molar-refractivity contribution in [2.75, 3.05) is 13.7 Å². The summed E-state index contributed by atoms with van der Waals surface area (Å²) in [6, 6.07) is 18.3. The molecule has 3 nitrogen and oxygen atoms in total. The van der Waals surface area contributed by atoms with Gasteiger partial charge in [0.1, 0.15) is 5.75 Å². The Balaban J connectivity index is 1.42. The minimum atomic E-state index is 0.0410. The third kappa shape index (κ3) is 5.18. The van der Waals surface area contributed by atoms with Crippen LogP contribution in [0, 0.1) is 5.41 Å². The second-order valence-corrected chi connectivity index (χ2v) is 6.89. The van der Waals surface area contributed by atoms with Gasteiger partial charge in [-0.25, -0.2) is 0 Å². The maximum atomic E-state index is 6.04. The zero-order valence-electron chi connectivity index (χ0n) is 15.0. The van der Waals surface area contributed by atoms with Gasteiger partial charge in [-0.15, -0.1) is 0 Å². The Kier molecular flexibility index (Phi) is 5.90. The first-order valence-electron chi connectivity index (χ1n) is 8.72. The minimum absolute atomic E-state index is 0.0410. The lowest BCUT2D eigenvalue weighted by Crippen LogP contribution is -2.22. The lowest BCUT2D eigenvalue weighted by Gasteiger charge is -2.23. The van der Waals surface area contributed by atoms with Gasteiger partial charge in [0.05, 0.1) is 33.0 Å². The highest BCUT2D eigenvalue weighted by Crippen LogP contribution is 2.34. The molecule has 0 saturated heterocycles. The van der Waals surface area contributed by atoms with Crippen molar-refractivity contribution in [2.45, 2.75) is 32.7 Å². The highest BCUT2D eigenvalue weighted by atomic mass is 16.5. The second kappa shape index (κ2) is 8.32. The quantitative estimate of drug-likeness (QED) is 0.649.